The standard InChI is InChI=1S/C58H96O6/c1-4-7-10-13-16-19-22-25-28-29-31-33-36-39-42-45-48-51-57(60)63-54-55(53-62-56(59)50-47-44-41-38-35-32-27-24-21-18-15-12-9-6-3)64-58(61)52-49-46-43-40-37-34-30-26-23-20-17-14-11-8-5-2/h15-20,24-28,30-31,33,39,42,55H,4-14,21-23,29,32,34-38,40-41,43-54H2,1-3H3/b18-15+,19-16+,20-17+,27-24+,28-25+,30-26+,33-31+,42-39+/t55-/m1/s1. The van der Waals surface area contributed by atoms with Crippen LogP contribution in [0, 0.1) is 0 Å². The van der Waals surface area contributed by atoms with E-state index in [0.29, 0.717) is 19.3 Å². The molecule has 0 radical (unpaired) electrons. The fourth-order valence-corrected chi connectivity index (χ4v) is 6.77. The van der Waals surface area contributed by atoms with E-state index in [2.05, 4.69) is 118 Å². The predicted octanol–water partition coefficient (Wildman–Crippen LogP) is 17.4. The van der Waals surface area contributed by atoms with Crippen molar-refractivity contribution < 1.29 is 28.6 Å². The van der Waals surface area contributed by atoms with Crippen molar-refractivity contribution in [1.29, 1.82) is 0 Å². The zero-order valence-electron chi connectivity index (χ0n) is 41.5. The van der Waals surface area contributed by atoms with Crippen LogP contribution in [0.2, 0.25) is 0 Å². The van der Waals surface area contributed by atoms with E-state index >= 15 is 0 Å². The minimum atomic E-state index is -0.813. The second-order valence-corrected chi connectivity index (χ2v) is 17.1. The molecule has 0 fully saturated rings. The minimum absolute atomic E-state index is 0.109. The summed E-state index contributed by atoms with van der Waals surface area (Å²) in [5.74, 6) is -0.997. The van der Waals surface area contributed by atoms with Crippen molar-refractivity contribution in [3.63, 3.8) is 0 Å². The van der Waals surface area contributed by atoms with Gasteiger partial charge in [-0.1, -0.05) is 195 Å². The van der Waals surface area contributed by atoms with Gasteiger partial charge in [0, 0.05) is 19.3 Å². The van der Waals surface area contributed by atoms with Crippen molar-refractivity contribution in [3.8, 4) is 0 Å². The van der Waals surface area contributed by atoms with Gasteiger partial charge in [-0.25, -0.2) is 0 Å². The molecule has 0 aliphatic rings. The summed E-state index contributed by atoms with van der Waals surface area (Å²) in [7, 11) is 0. The average molecular weight is 889 g/mol. The summed E-state index contributed by atoms with van der Waals surface area (Å²) in [4.78, 5) is 38.0. The van der Waals surface area contributed by atoms with Gasteiger partial charge in [0.1, 0.15) is 13.2 Å². The molecule has 1 atom stereocenters. The molecule has 0 aliphatic heterocycles. The van der Waals surface area contributed by atoms with E-state index in [4.69, 9.17) is 14.2 Å². The summed E-state index contributed by atoms with van der Waals surface area (Å²) in [5.41, 5.74) is 0. The zero-order valence-corrected chi connectivity index (χ0v) is 41.5. The normalized spacial score (nSPS) is 12.9. The molecule has 364 valence electrons. The lowest BCUT2D eigenvalue weighted by atomic mass is 10.1. The second kappa shape index (κ2) is 52.0. The monoisotopic (exact) mass is 889 g/mol. The van der Waals surface area contributed by atoms with Crippen molar-refractivity contribution in [1.82, 2.24) is 0 Å². The third-order valence-electron chi connectivity index (χ3n) is 10.8. The molecule has 0 bridgehead atoms. The van der Waals surface area contributed by atoms with Crippen LogP contribution in [-0.2, 0) is 28.6 Å². The Morgan fingerprint density at radius 3 is 0.984 bits per heavy atom. The highest BCUT2D eigenvalue weighted by molar-refractivity contribution is 5.71. The van der Waals surface area contributed by atoms with E-state index in [1.165, 1.54) is 70.6 Å². The lowest BCUT2D eigenvalue weighted by Crippen LogP contribution is -2.30. The molecule has 0 saturated heterocycles. The summed E-state index contributed by atoms with van der Waals surface area (Å²) in [5, 5.41) is 0. The summed E-state index contributed by atoms with van der Waals surface area (Å²) < 4.78 is 16.7. The minimum Gasteiger partial charge on any atom is -0.462 e. The predicted molar refractivity (Wildman–Crippen MR) is 274 cm³/mol. The van der Waals surface area contributed by atoms with Crippen LogP contribution in [-0.4, -0.2) is 37.2 Å². The fourth-order valence-electron chi connectivity index (χ4n) is 6.77. The van der Waals surface area contributed by atoms with Gasteiger partial charge in [0.25, 0.3) is 0 Å². The quantitative estimate of drug-likeness (QED) is 0.0262. The third-order valence-corrected chi connectivity index (χ3v) is 10.8. The number of carbonyl (C=O) groups excluding carboxylic acids is 3. The number of carbonyl (C=O) groups is 3. The maximum Gasteiger partial charge on any atom is 0.306 e. The molecule has 0 spiro atoms. The molecular formula is C58H96O6. The van der Waals surface area contributed by atoms with Gasteiger partial charge in [-0.15, -0.1) is 0 Å². The van der Waals surface area contributed by atoms with Crippen LogP contribution < -0.4 is 0 Å². The van der Waals surface area contributed by atoms with Crippen LogP contribution in [0.15, 0.2) is 97.2 Å². The topological polar surface area (TPSA) is 78.9 Å². The molecule has 64 heavy (non-hydrogen) atoms. The van der Waals surface area contributed by atoms with Gasteiger partial charge >= 0.3 is 17.9 Å². The Hall–Kier alpha value is -3.67. The highest BCUT2D eigenvalue weighted by atomic mass is 16.6. The van der Waals surface area contributed by atoms with E-state index in [-0.39, 0.29) is 37.5 Å². The molecule has 6 heteroatoms. The summed E-state index contributed by atoms with van der Waals surface area (Å²) in [6.07, 6.45) is 68.2. The SMILES string of the molecule is CCCC/C=C/C/C=C/CCCCCCCC(=O)OC[C@H](COC(=O)CCC/C=C/C/C=C/C/C=C/C/C=C/CCCCC)OC(=O)CCCCCCC/C=C/C/C=C/CCCCC. The molecule has 0 aromatic carbocycles. The van der Waals surface area contributed by atoms with Crippen LogP contribution >= 0.6 is 0 Å². The number of hydrogen-bond donors (Lipinski definition) is 0. The lowest BCUT2D eigenvalue weighted by Gasteiger charge is -2.18. The molecule has 6 nitrogen and oxygen atoms in total. The summed E-state index contributed by atoms with van der Waals surface area (Å²) in [6, 6.07) is 0. The van der Waals surface area contributed by atoms with E-state index in [1.54, 1.807) is 0 Å². The van der Waals surface area contributed by atoms with Gasteiger partial charge in [0.2, 0.25) is 0 Å². The van der Waals surface area contributed by atoms with Gasteiger partial charge in [0.05, 0.1) is 0 Å². The van der Waals surface area contributed by atoms with Crippen LogP contribution in [0.3, 0.4) is 0 Å². The van der Waals surface area contributed by atoms with Gasteiger partial charge < -0.3 is 14.2 Å². The largest absolute Gasteiger partial charge is 0.462 e. The Bertz CT molecular complexity index is 1300. The number of rotatable bonds is 46. The Morgan fingerprint density at radius 1 is 0.312 bits per heavy atom. The van der Waals surface area contributed by atoms with Crippen molar-refractivity contribution in [2.45, 2.75) is 239 Å². The molecule has 0 rings (SSSR count). The second-order valence-electron chi connectivity index (χ2n) is 17.1. The highest BCUT2D eigenvalue weighted by Gasteiger charge is 2.19. The highest BCUT2D eigenvalue weighted by Crippen LogP contribution is 2.12. The van der Waals surface area contributed by atoms with Gasteiger partial charge in [-0.3, -0.25) is 14.4 Å². The van der Waals surface area contributed by atoms with Gasteiger partial charge in [-0.2, -0.15) is 0 Å². The van der Waals surface area contributed by atoms with Gasteiger partial charge in [-0.05, 0) is 116 Å². The van der Waals surface area contributed by atoms with E-state index in [9.17, 15) is 14.4 Å². The number of ether oxygens (including phenoxy) is 3. The molecule has 0 aromatic heterocycles. The summed E-state index contributed by atoms with van der Waals surface area (Å²) in [6.45, 7) is 6.46. The number of allylic oxidation sites excluding steroid dienone is 16. The van der Waals surface area contributed by atoms with Crippen LogP contribution in [0.25, 0.3) is 0 Å². The molecule has 0 saturated carbocycles. The van der Waals surface area contributed by atoms with Crippen LogP contribution in [0.5, 0.6) is 0 Å². The maximum atomic E-state index is 12.8. The van der Waals surface area contributed by atoms with Gasteiger partial charge in [0.15, 0.2) is 6.10 Å². The Labute approximate surface area is 394 Å². The van der Waals surface area contributed by atoms with Crippen molar-refractivity contribution in [2.24, 2.45) is 0 Å². The van der Waals surface area contributed by atoms with E-state index < -0.39 is 6.10 Å². The average Bonchev–Trinajstić information content (AvgIpc) is 3.29. The Kier molecular flexibility index (Phi) is 49.0. The third kappa shape index (κ3) is 49.3. The van der Waals surface area contributed by atoms with Crippen molar-refractivity contribution in [3.05, 3.63) is 97.2 Å². The fraction of sp³-hybridized carbons (Fsp3) is 0.672. The first kappa shape index (κ1) is 60.3. The molecule has 0 unspecified atom stereocenters. The number of esters is 3. The Balaban J connectivity index is 4.53. The Morgan fingerprint density at radius 2 is 0.594 bits per heavy atom. The molecular weight excluding hydrogens is 793 g/mol. The van der Waals surface area contributed by atoms with Crippen molar-refractivity contribution >= 4 is 17.9 Å². The maximum absolute atomic E-state index is 12.8. The van der Waals surface area contributed by atoms with Crippen LogP contribution in [0.4, 0.5) is 0 Å². The molecule has 0 amide bonds. The van der Waals surface area contributed by atoms with Crippen LogP contribution in [0.1, 0.15) is 233 Å². The smallest absolute Gasteiger partial charge is 0.306 e. The zero-order chi connectivity index (χ0) is 46.5. The van der Waals surface area contributed by atoms with E-state index in [1.807, 2.05) is 0 Å². The molecule has 0 aliphatic carbocycles. The first-order valence-corrected chi connectivity index (χ1v) is 26.2. The molecule has 0 aromatic rings. The lowest BCUT2D eigenvalue weighted by molar-refractivity contribution is -0.167. The molecule has 0 heterocycles. The first-order chi connectivity index (χ1) is 31.5. The first-order valence-electron chi connectivity index (χ1n) is 26.2. The van der Waals surface area contributed by atoms with Crippen molar-refractivity contribution in [2.75, 3.05) is 13.2 Å². The van der Waals surface area contributed by atoms with E-state index in [0.717, 1.165) is 116 Å². The summed E-state index contributed by atoms with van der Waals surface area (Å²) >= 11 is 0. The number of hydrogen-bond acceptors (Lipinski definition) is 6. The number of unbranched alkanes of at least 4 members (excludes halogenated alkanes) is 19. The molecule has 0 N–H and O–H groups in total.